The lowest BCUT2D eigenvalue weighted by Gasteiger charge is -1.96. The van der Waals surface area contributed by atoms with Gasteiger partial charge < -0.3 is 9.32 Å². The summed E-state index contributed by atoms with van der Waals surface area (Å²) in [5.41, 5.74) is 0.654. The number of halogens is 2. The third-order valence-corrected chi connectivity index (χ3v) is 2.94. The Morgan fingerprint density at radius 3 is 2.94 bits per heavy atom. The van der Waals surface area contributed by atoms with Crippen LogP contribution in [0.25, 0.3) is 11.4 Å². The fourth-order valence-corrected chi connectivity index (χ4v) is 1.77. The lowest BCUT2D eigenvalue weighted by atomic mass is 10.2. The number of aryl methyl sites for hydroxylation is 1. The number of hydrogen-bond donors (Lipinski definition) is 0. The van der Waals surface area contributed by atoms with Crippen molar-refractivity contribution in [2.45, 2.75) is 19.8 Å². The number of hydrogen-bond acceptors (Lipinski definition) is 4. The van der Waals surface area contributed by atoms with E-state index in [4.69, 9.17) is 4.52 Å². The van der Waals surface area contributed by atoms with Crippen LogP contribution in [0.1, 0.15) is 19.2 Å². The summed E-state index contributed by atoms with van der Waals surface area (Å²) < 4.78 is 18.4. The predicted octanol–water partition coefficient (Wildman–Crippen LogP) is 3.16. The molecule has 0 aliphatic carbocycles. The maximum absolute atomic E-state index is 13.1. The summed E-state index contributed by atoms with van der Waals surface area (Å²) in [6.45, 7) is 1.51. The number of Topliss-reactive ketones (excluding diaryl/α,β-unsaturated/α-hetero) is 1. The van der Waals surface area contributed by atoms with E-state index in [1.165, 1.54) is 13.0 Å². The maximum atomic E-state index is 13.1. The van der Waals surface area contributed by atoms with Crippen LogP contribution in [-0.2, 0) is 11.2 Å². The first-order valence-corrected chi connectivity index (χ1v) is 6.13. The number of carbonyl (C=O) groups is 1. The van der Waals surface area contributed by atoms with E-state index in [1.54, 1.807) is 12.1 Å². The van der Waals surface area contributed by atoms with Crippen LogP contribution in [0.2, 0.25) is 0 Å². The molecule has 0 N–H and O–H groups in total. The molecule has 1 aromatic heterocycles. The van der Waals surface area contributed by atoms with E-state index >= 15 is 0 Å². The summed E-state index contributed by atoms with van der Waals surface area (Å²) >= 11 is 3.09. The molecular formula is C12H10BrFN2O2. The zero-order valence-corrected chi connectivity index (χ0v) is 11.2. The average molecular weight is 313 g/mol. The first-order valence-electron chi connectivity index (χ1n) is 5.33. The molecule has 0 aliphatic heterocycles. The predicted molar refractivity (Wildman–Crippen MR) is 66.4 cm³/mol. The Kier molecular flexibility index (Phi) is 3.86. The van der Waals surface area contributed by atoms with Gasteiger partial charge in [-0.05, 0) is 41.1 Å². The molecule has 0 amide bonds. The molecule has 0 saturated carbocycles. The van der Waals surface area contributed by atoms with Gasteiger partial charge in [0.2, 0.25) is 11.7 Å². The van der Waals surface area contributed by atoms with Crippen LogP contribution >= 0.6 is 15.9 Å². The fraction of sp³-hybridized carbons (Fsp3) is 0.250. The Morgan fingerprint density at radius 1 is 1.50 bits per heavy atom. The molecule has 0 saturated heterocycles. The van der Waals surface area contributed by atoms with E-state index in [1.807, 2.05) is 0 Å². The fourth-order valence-electron chi connectivity index (χ4n) is 1.39. The van der Waals surface area contributed by atoms with Gasteiger partial charge in [-0.2, -0.15) is 4.98 Å². The molecule has 18 heavy (non-hydrogen) atoms. The number of benzene rings is 1. The number of ketones is 1. The summed E-state index contributed by atoms with van der Waals surface area (Å²) in [6, 6.07) is 4.47. The van der Waals surface area contributed by atoms with Gasteiger partial charge in [-0.3, -0.25) is 0 Å². The minimum atomic E-state index is -0.348. The molecule has 0 radical (unpaired) electrons. The van der Waals surface area contributed by atoms with Crippen LogP contribution in [-0.4, -0.2) is 15.9 Å². The molecule has 0 aliphatic rings. The molecule has 0 unspecified atom stereocenters. The number of rotatable bonds is 4. The largest absolute Gasteiger partial charge is 0.339 e. The topological polar surface area (TPSA) is 56.0 Å². The highest BCUT2D eigenvalue weighted by molar-refractivity contribution is 9.10. The Morgan fingerprint density at radius 2 is 2.28 bits per heavy atom. The normalized spacial score (nSPS) is 10.6. The van der Waals surface area contributed by atoms with Gasteiger partial charge in [0.15, 0.2) is 0 Å². The standard InChI is InChI=1S/C12H10BrFN2O2/c1-7(17)2-5-11-15-12(16-18-11)8-3-4-10(14)9(13)6-8/h3-4,6H,2,5H2,1H3. The average Bonchev–Trinajstić information content (AvgIpc) is 2.79. The van der Waals surface area contributed by atoms with E-state index in [9.17, 15) is 9.18 Å². The van der Waals surface area contributed by atoms with Gasteiger partial charge in [-0.25, -0.2) is 4.39 Å². The molecule has 1 heterocycles. The second-order valence-corrected chi connectivity index (χ2v) is 4.70. The minimum Gasteiger partial charge on any atom is -0.339 e. The Hall–Kier alpha value is -1.56. The maximum Gasteiger partial charge on any atom is 0.227 e. The van der Waals surface area contributed by atoms with Gasteiger partial charge in [0.05, 0.1) is 4.47 Å². The number of nitrogens with zero attached hydrogens (tertiary/aromatic N) is 2. The monoisotopic (exact) mass is 312 g/mol. The van der Waals surface area contributed by atoms with Gasteiger partial charge in [-0.15, -0.1) is 0 Å². The first kappa shape index (κ1) is 12.9. The van der Waals surface area contributed by atoms with E-state index in [-0.39, 0.29) is 11.6 Å². The molecule has 2 rings (SSSR count). The summed E-state index contributed by atoms with van der Waals surface area (Å²) in [7, 11) is 0. The van der Waals surface area contributed by atoms with Crippen molar-refractivity contribution in [1.29, 1.82) is 0 Å². The third kappa shape index (κ3) is 3.01. The quantitative estimate of drug-likeness (QED) is 0.870. The lowest BCUT2D eigenvalue weighted by Crippen LogP contribution is -1.94. The van der Waals surface area contributed by atoms with Gasteiger partial charge in [0, 0.05) is 18.4 Å². The highest BCUT2D eigenvalue weighted by Gasteiger charge is 2.10. The molecule has 6 heteroatoms. The van der Waals surface area contributed by atoms with Crippen molar-refractivity contribution in [2.24, 2.45) is 0 Å². The second kappa shape index (κ2) is 5.39. The van der Waals surface area contributed by atoms with Gasteiger partial charge in [0.1, 0.15) is 11.6 Å². The number of aromatic nitrogens is 2. The van der Waals surface area contributed by atoms with Crippen LogP contribution in [0.5, 0.6) is 0 Å². The summed E-state index contributed by atoms with van der Waals surface area (Å²) in [4.78, 5) is 15.0. The molecule has 2 aromatic rings. The lowest BCUT2D eigenvalue weighted by molar-refractivity contribution is -0.117. The van der Waals surface area contributed by atoms with E-state index in [0.29, 0.717) is 34.6 Å². The molecule has 0 spiro atoms. The molecule has 94 valence electrons. The van der Waals surface area contributed by atoms with E-state index in [0.717, 1.165) is 0 Å². The van der Waals surface area contributed by atoms with Gasteiger partial charge >= 0.3 is 0 Å². The van der Waals surface area contributed by atoms with Crippen molar-refractivity contribution in [3.8, 4) is 11.4 Å². The highest BCUT2D eigenvalue weighted by atomic mass is 79.9. The van der Waals surface area contributed by atoms with E-state index in [2.05, 4.69) is 26.1 Å². The van der Waals surface area contributed by atoms with Gasteiger partial charge in [-0.1, -0.05) is 5.16 Å². The molecule has 0 bridgehead atoms. The first-order chi connectivity index (χ1) is 8.56. The van der Waals surface area contributed by atoms with Crippen molar-refractivity contribution >= 4 is 21.7 Å². The van der Waals surface area contributed by atoms with Crippen molar-refractivity contribution in [2.75, 3.05) is 0 Å². The molecule has 1 aromatic carbocycles. The number of carbonyl (C=O) groups excluding carboxylic acids is 1. The molecule has 0 atom stereocenters. The van der Waals surface area contributed by atoms with Crippen LogP contribution < -0.4 is 0 Å². The van der Waals surface area contributed by atoms with Gasteiger partial charge in [0.25, 0.3) is 0 Å². The summed E-state index contributed by atoms with van der Waals surface area (Å²) in [5.74, 6) is 0.508. The van der Waals surface area contributed by atoms with Crippen molar-refractivity contribution in [3.05, 3.63) is 34.4 Å². The van der Waals surface area contributed by atoms with E-state index < -0.39 is 0 Å². The van der Waals surface area contributed by atoms with Crippen LogP contribution in [0, 0.1) is 5.82 Å². The van der Waals surface area contributed by atoms with Crippen molar-refractivity contribution < 1.29 is 13.7 Å². The zero-order valence-electron chi connectivity index (χ0n) is 9.61. The van der Waals surface area contributed by atoms with Crippen molar-refractivity contribution in [1.82, 2.24) is 10.1 Å². The minimum absolute atomic E-state index is 0.0688. The Labute approximate surface area is 111 Å². The Bertz CT molecular complexity index is 583. The zero-order chi connectivity index (χ0) is 13.1. The summed E-state index contributed by atoms with van der Waals surface area (Å²) in [6.07, 6.45) is 0.791. The smallest absolute Gasteiger partial charge is 0.227 e. The third-order valence-electron chi connectivity index (χ3n) is 2.34. The molecule has 4 nitrogen and oxygen atoms in total. The van der Waals surface area contributed by atoms with Crippen LogP contribution in [0.4, 0.5) is 4.39 Å². The SMILES string of the molecule is CC(=O)CCc1nc(-c2ccc(F)c(Br)c2)no1. The molecule has 0 fully saturated rings. The van der Waals surface area contributed by atoms with Crippen LogP contribution in [0.15, 0.2) is 27.2 Å². The van der Waals surface area contributed by atoms with Crippen LogP contribution in [0.3, 0.4) is 0 Å². The second-order valence-electron chi connectivity index (χ2n) is 3.84. The van der Waals surface area contributed by atoms with Crippen molar-refractivity contribution in [3.63, 3.8) is 0 Å². The highest BCUT2D eigenvalue weighted by Crippen LogP contribution is 2.23. The molecular weight excluding hydrogens is 303 g/mol. The Balaban J connectivity index is 2.18. The summed E-state index contributed by atoms with van der Waals surface area (Å²) in [5, 5.41) is 3.79.